The first-order valence-corrected chi connectivity index (χ1v) is 6.91. The molecule has 0 fully saturated rings. The maximum Gasteiger partial charge on any atom is 0.348 e. The third-order valence-corrected chi connectivity index (χ3v) is 3.44. The summed E-state index contributed by atoms with van der Waals surface area (Å²) in [5.74, 6) is -0.164. The van der Waals surface area contributed by atoms with Crippen molar-refractivity contribution >= 4 is 17.3 Å². The van der Waals surface area contributed by atoms with Crippen LogP contribution in [-0.4, -0.2) is 12.6 Å². The Bertz CT molecular complexity index is 317. The Kier molecular flexibility index (Phi) is 6.16. The summed E-state index contributed by atoms with van der Waals surface area (Å²) < 4.78 is 5.03. The Morgan fingerprint density at radius 1 is 1.31 bits per heavy atom. The highest BCUT2D eigenvalue weighted by molar-refractivity contribution is 7.12. The number of carbonyl (C=O) groups excluding carboxylic acids is 1. The van der Waals surface area contributed by atoms with Gasteiger partial charge in [-0.2, -0.15) is 0 Å². The molecule has 0 N–H and O–H groups in total. The second kappa shape index (κ2) is 7.44. The number of thiophene rings is 1. The van der Waals surface area contributed by atoms with Gasteiger partial charge >= 0.3 is 5.97 Å². The molecule has 0 aliphatic rings. The van der Waals surface area contributed by atoms with Gasteiger partial charge in [0.05, 0.1) is 6.61 Å². The Hall–Kier alpha value is -0.830. The summed E-state index contributed by atoms with van der Waals surface area (Å²) in [4.78, 5) is 12.4. The van der Waals surface area contributed by atoms with Crippen LogP contribution in [0.1, 0.15) is 54.8 Å². The van der Waals surface area contributed by atoms with Crippen molar-refractivity contribution in [2.75, 3.05) is 6.61 Å². The average Bonchev–Trinajstić information content (AvgIpc) is 2.73. The number of rotatable bonds is 7. The second-order valence-electron chi connectivity index (χ2n) is 3.81. The molecule has 1 aromatic rings. The lowest BCUT2D eigenvalue weighted by Gasteiger charge is -2.03. The number of ether oxygens (including phenoxy) is 1. The molecule has 0 radical (unpaired) electrons. The van der Waals surface area contributed by atoms with Gasteiger partial charge in [-0.1, -0.05) is 26.2 Å². The molecule has 0 unspecified atom stereocenters. The highest BCUT2D eigenvalue weighted by Crippen LogP contribution is 2.20. The standard InChI is InChI=1S/C13H20O2S/c1-3-5-6-7-8-11-9-10-16-12(11)13(14)15-4-2/h9-10H,3-8H2,1-2H3. The molecule has 90 valence electrons. The van der Waals surface area contributed by atoms with E-state index in [2.05, 4.69) is 6.92 Å². The number of hydrogen-bond donors (Lipinski definition) is 0. The number of aryl methyl sites for hydroxylation is 1. The smallest absolute Gasteiger partial charge is 0.348 e. The van der Waals surface area contributed by atoms with Gasteiger partial charge in [0.1, 0.15) is 4.88 Å². The van der Waals surface area contributed by atoms with Crippen molar-refractivity contribution in [3.63, 3.8) is 0 Å². The molecule has 1 heterocycles. The van der Waals surface area contributed by atoms with Crippen LogP contribution in [-0.2, 0) is 11.2 Å². The molecule has 0 bridgehead atoms. The summed E-state index contributed by atoms with van der Waals surface area (Å²) in [5.41, 5.74) is 1.15. The molecular formula is C13H20O2S. The molecular weight excluding hydrogens is 220 g/mol. The highest BCUT2D eigenvalue weighted by atomic mass is 32.1. The summed E-state index contributed by atoms with van der Waals surface area (Å²) in [7, 11) is 0. The molecule has 0 saturated carbocycles. The number of carbonyl (C=O) groups is 1. The Balaban J connectivity index is 2.47. The summed E-state index contributed by atoms with van der Waals surface area (Å²) in [5, 5.41) is 1.97. The average molecular weight is 240 g/mol. The minimum absolute atomic E-state index is 0.164. The third kappa shape index (κ3) is 3.97. The molecule has 0 aliphatic carbocycles. The molecule has 0 saturated heterocycles. The van der Waals surface area contributed by atoms with Crippen molar-refractivity contribution in [2.45, 2.75) is 46.0 Å². The monoisotopic (exact) mass is 240 g/mol. The first kappa shape index (κ1) is 13.2. The molecule has 0 aromatic carbocycles. The maximum atomic E-state index is 11.6. The zero-order valence-corrected chi connectivity index (χ0v) is 10.9. The quantitative estimate of drug-likeness (QED) is 0.531. The van der Waals surface area contributed by atoms with Crippen LogP contribution >= 0.6 is 11.3 Å². The Labute approximate surface area is 102 Å². The Morgan fingerprint density at radius 2 is 2.12 bits per heavy atom. The van der Waals surface area contributed by atoms with Gasteiger partial charge in [-0.15, -0.1) is 11.3 Å². The normalized spacial score (nSPS) is 10.4. The van der Waals surface area contributed by atoms with Crippen molar-refractivity contribution in [3.05, 3.63) is 21.9 Å². The molecule has 2 nitrogen and oxygen atoms in total. The molecule has 1 aromatic heterocycles. The summed E-state index contributed by atoms with van der Waals surface area (Å²) in [6, 6.07) is 2.04. The predicted molar refractivity (Wildman–Crippen MR) is 68.1 cm³/mol. The molecule has 0 amide bonds. The largest absolute Gasteiger partial charge is 0.462 e. The first-order chi connectivity index (χ1) is 7.79. The fourth-order valence-corrected chi connectivity index (χ4v) is 2.50. The predicted octanol–water partition coefficient (Wildman–Crippen LogP) is 4.05. The maximum absolute atomic E-state index is 11.6. The minimum Gasteiger partial charge on any atom is -0.462 e. The SMILES string of the molecule is CCCCCCc1ccsc1C(=O)OCC. The first-order valence-electron chi connectivity index (χ1n) is 6.03. The van der Waals surface area contributed by atoms with Crippen LogP contribution < -0.4 is 0 Å². The number of unbranched alkanes of at least 4 members (excludes halogenated alkanes) is 3. The summed E-state index contributed by atoms with van der Waals surface area (Å²) in [6.07, 6.45) is 5.93. The van der Waals surface area contributed by atoms with Crippen molar-refractivity contribution in [2.24, 2.45) is 0 Å². The van der Waals surface area contributed by atoms with Crippen molar-refractivity contribution in [3.8, 4) is 0 Å². The van der Waals surface area contributed by atoms with Crippen molar-refractivity contribution < 1.29 is 9.53 Å². The van der Waals surface area contributed by atoms with Gasteiger partial charge in [0.15, 0.2) is 0 Å². The van der Waals surface area contributed by atoms with E-state index in [4.69, 9.17) is 4.74 Å². The van der Waals surface area contributed by atoms with Crippen molar-refractivity contribution in [1.29, 1.82) is 0 Å². The van der Waals surface area contributed by atoms with Crippen LogP contribution in [0.25, 0.3) is 0 Å². The topological polar surface area (TPSA) is 26.3 Å². The number of hydrogen-bond acceptors (Lipinski definition) is 3. The molecule has 3 heteroatoms. The van der Waals surface area contributed by atoms with Gasteiger partial charge in [0, 0.05) is 0 Å². The zero-order chi connectivity index (χ0) is 11.8. The molecule has 0 spiro atoms. The van der Waals surface area contributed by atoms with E-state index in [1.165, 1.54) is 30.6 Å². The third-order valence-electron chi connectivity index (χ3n) is 2.51. The fourth-order valence-electron chi connectivity index (χ4n) is 1.65. The van der Waals surface area contributed by atoms with Gasteiger partial charge in [-0.3, -0.25) is 0 Å². The van der Waals surface area contributed by atoms with Gasteiger partial charge in [0.25, 0.3) is 0 Å². The molecule has 1 rings (SSSR count). The van der Waals surface area contributed by atoms with Gasteiger partial charge in [-0.25, -0.2) is 4.79 Å². The minimum atomic E-state index is -0.164. The van der Waals surface area contributed by atoms with Crippen LogP contribution in [0, 0.1) is 0 Å². The van der Waals surface area contributed by atoms with E-state index < -0.39 is 0 Å². The van der Waals surface area contributed by atoms with E-state index in [0.717, 1.165) is 23.3 Å². The second-order valence-corrected chi connectivity index (χ2v) is 4.72. The van der Waals surface area contributed by atoms with Crippen LogP contribution in [0.3, 0.4) is 0 Å². The lowest BCUT2D eigenvalue weighted by molar-refractivity contribution is 0.0531. The van der Waals surface area contributed by atoms with Gasteiger partial charge in [0.2, 0.25) is 0 Å². The molecule has 0 aliphatic heterocycles. The molecule has 16 heavy (non-hydrogen) atoms. The summed E-state index contributed by atoms with van der Waals surface area (Å²) >= 11 is 1.49. The highest BCUT2D eigenvalue weighted by Gasteiger charge is 2.13. The van der Waals surface area contributed by atoms with Crippen LogP contribution in [0.2, 0.25) is 0 Å². The molecule has 0 atom stereocenters. The summed E-state index contributed by atoms with van der Waals surface area (Å²) in [6.45, 7) is 4.49. The lowest BCUT2D eigenvalue weighted by Crippen LogP contribution is -2.05. The van der Waals surface area contributed by atoms with Gasteiger partial charge in [-0.05, 0) is 36.8 Å². The van der Waals surface area contributed by atoms with Gasteiger partial charge < -0.3 is 4.74 Å². The van der Waals surface area contributed by atoms with E-state index in [9.17, 15) is 4.79 Å². The Morgan fingerprint density at radius 3 is 2.81 bits per heavy atom. The van der Waals surface area contributed by atoms with Crippen LogP contribution in [0.15, 0.2) is 11.4 Å². The van der Waals surface area contributed by atoms with E-state index in [1.54, 1.807) is 0 Å². The lowest BCUT2D eigenvalue weighted by atomic mass is 10.1. The van der Waals surface area contributed by atoms with Crippen LogP contribution in [0.5, 0.6) is 0 Å². The van der Waals surface area contributed by atoms with E-state index >= 15 is 0 Å². The number of esters is 1. The fraction of sp³-hybridized carbons (Fsp3) is 0.615. The van der Waals surface area contributed by atoms with Crippen molar-refractivity contribution in [1.82, 2.24) is 0 Å². The van der Waals surface area contributed by atoms with E-state index in [-0.39, 0.29) is 5.97 Å². The zero-order valence-electron chi connectivity index (χ0n) is 10.1. The van der Waals surface area contributed by atoms with Crippen LogP contribution in [0.4, 0.5) is 0 Å². The van der Waals surface area contributed by atoms with E-state index in [0.29, 0.717) is 6.61 Å². The van der Waals surface area contributed by atoms with E-state index in [1.807, 2.05) is 18.4 Å².